The minimum Gasteiger partial charge on any atom is -0.497 e. The van der Waals surface area contributed by atoms with E-state index in [0.29, 0.717) is 11.4 Å². The molecule has 0 aliphatic rings. The molecule has 1 aromatic heterocycles. The molecule has 0 fully saturated rings. The van der Waals surface area contributed by atoms with Gasteiger partial charge in [0.05, 0.1) is 32.1 Å². The maximum Gasteiger partial charge on any atom is 0.235 e. The van der Waals surface area contributed by atoms with E-state index in [0.717, 1.165) is 16.1 Å². The van der Waals surface area contributed by atoms with Crippen LogP contribution in [0.25, 0.3) is 0 Å². The zero-order valence-corrected chi connectivity index (χ0v) is 15.0. The lowest BCUT2D eigenvalue weighted by atomic mass is 10.2. The summed E-state index contributed by atoms with van der Waals surface area (Å²) in [5.74, 6) is 0.298. The van der Waals surface area contributed by atoms with E-state index in [1.807, 2.05) is 6.07 Å². The third-order valence-corrected chi connectivity index (χ3v) is 4.70. The smallest absolute Gasteiger partial charge is 0.235 e. The average molecular weight is 363 g/mol. The molecule has 1 amide bonds. The van der Waals surface area contributed by atoms with E-state index in [4.69, 9.17) is 4.74 Å². The Labute approximate surface area is 147 Å². The van der Waals surface area contributed by atoms with Gasteiger partial charge in [-0.25, -0.2) is 8.42 Å². The highest BCUT2D eigenvalue weighted by Gasteiger charge is 2.20. The molecule has 134 valence electrons. The molecular weight excluding hydrogens is 342 g/mol. The van der Waals surface area contributed by atoms with E-state index in [9.17, 15) is 13.2 Å². The van der Waals surface area contributed by atoms with Crippen molar-refractivity contribution in [2.24, 2.45) is 0 Å². The molecule has 1 N–H and O–H groups in total. The monoisotopic (exact) mass is 363 g/mol. The highest BCUT2D eigenvalue weighted by Crippen LogP contribution is 2.14. The van der Waals surface area contributed by atoms with Crippen molar-refractivity contribution in [3.8, 4) is 5.75 Å². The summed E-state index contributed by atoms with van der Waals surface area (Å²) in [6, 6.07) is 12.4. The van der Waals surface area contributed by atoms with Crippen LogP contribution in [0.4, 0.5) is 0 Å². The van der Waals surface area contributed by atoms with E-state index < -0.39 is 10.0 Å². The van der Waals surface area contributed by atoms with Gasteiger partial charge in [0.2, 0.25) is 15.9 Å². The van der Waals surface area contributed by atoms with Crippen molar-refractivity contribution in [2.75, 3.05) is 19.9 Å². The Morgan fingerprint density at radius 3 is 2.48 bits per heavy atom. The van der Waals surface area contributed by atoms with Gasteiger partial charge in [0.15, 0.2) is 0 Å². The number of nitrogens with one attached hydrogen (secondary N) is 1. The van der Waals surface area contributed by atoms with Crippen molar-refractivity contribution in [2.45, 2.75) is 13.1 Å². The summed E-state index contributed by atoms with van der Waals surface area (Å²) < 4.78 is 30.2. The summed E-state index contributed by atoms with van der Waals surface area (Å²) in [6.07, 6.45) is 2.72. The summed E-state index contributed by atoms with van der Waals surface area (Å²) in [4.78, 5) is 16.2. The van der Waals surface area contributed by atoms with Crippen LogP contribution in [0.2, 0.25) is 0 Å². The first kappa shape index (κ1) is 18.9. The largest absolute Gasteiger partial charge is 0.497 e. The van der Waals surface area contributed by atoms with Gasteiger partial charge in [-0.1, -0.05) is 18.2 Å². The summed E-state index contributed by atoms with van der Waals surface area (Å²) in [7, 11) is -1.97. The van der Waals surface area contributed by atoms with Crippen LogP contribution in [-0.4, -0.2) is 43.5 Å². The van der Waals surface area contributed by atoms with Crippen LogP contribution in [0.3, 0.4) is 0 Å². The number of aromatic nitrogens is 1. The fourth-order valence-electron chi connectivity index (χ4n) is 2.13. The lowest BCUT2D eigenvalue weighted by Gasteiger charge is -2.19. The minimum atomic E-state index is -3.53. The molecule has 7 nitrogen and oxygen atoms in total. The maximum absolute atomic E-state index is 12.1. The first-order valence-corrected chi connectivity index (χ1v) is 9.48. The number of pyridine rings is 1. The van der Waals surface area contributed by atoms with Crippen LogP contribution in [0, 0.1) is 0 Å². The SMILES string of the molecule is COc1ccc(CN(CC(=O)NCc2ccccn2)S(C)(=O)=O)cc1. The maximum atomic E-state index is 12.1. The fourth-order valence-corrected chi connectivity index (χ4v) is 2.87. The second-order valence-corrected chi connectivity index (χ2v) is 7.46. The quantitative estimate of drug-likeness (QED) is 0.760. The van der Waals surface area contributed by atoms with E-state index in [2.05, 4.69) is 10.3 Å². The second-order valence-electron chi connectivity index (χ2n) is 5.48. The highest BCUT2D eigenvalue weighted by molar-refractivity contribution is 7.88. The zero-order valence-electron chi connectivity index (χ0n) is 14.2. The number of carbonyl (C=O) groups is 1. The Hall–Kier alpha value is -2.45. The molecule has 0 saturated carbocycles. The van der Waals surface area contributed by atoms with Crippen LogP contribution < -0.4 is 10.1 Å². The van der Waals surface area contributed by atoms with Crippen LogP contribution in [-0.2, 0) is 27.9 Å². The number of nitrogens with zero attached hydrogens (tertiary/aromatic N) is 2. The van der Waals surface area contributed by atoms with Crippen molar-refractivity contribution in [1.82, 2.24) is 14.6 Å². The third-order valence-electron chi connectivity index (χ3n) is 3.50. The average Bonchev–Trinajstić information content (AvgIpc) is 2.60. The molecule has 0 unspecified atom stereocenters. The van der Waals surface area contributed by atoms with E-state index in [-0.39, 0.29) is 25.5 Å². The number of methoxy groups -OCH3 is 1. The van der Waals surface area contributed by atoms with Gasteiger partial charge in [-0.2, -0.15) is 4.31 Å². The Morgan fingerprint density at radius 2 is 1.92 bits per heavy atom. The molecule has 1 aromatic carbocycles. The van der Waals surface area contributed by atoms with Gasteiger partial charge in [-0.05, 0) is 29.8 Å². The molecule has 25 heavy (non-hydrogen) atoms. The van der Waals surface area contributed by atoms with Crippen LogP contribution in [0.15, 0.2) is 48.7 Å². The van der Waals surface area contributed by atoms with Gasteiger partial charge in [0.1, 0.15) is 5.75 Å². The standard InChI is InChI=1S/C17H21N3O4S/c1-24-16-8-6-14(7-9-16)12-20(25(2,22)23)13-17(21)19-11-15-5-3-4-10-18-15/h3-10H,11-13H2,1-2H3,(H,19,21). The van der Waals surface area contributed by atoms with E-state index >= 15 is 0 Å². The lowest BCUT2D eigenvalue weighted by molar-refractivity contribution is -0.121. The number of hydrogen-bond acceptors (Lipinski definition) is 5. The third kappa shape index (κ3) is 6.17. The molecule has 1 heterocycles. The summed E-state index contributed by atoms with van der Waals surface area (Å²) in [5.41, 5.74) is 1.47. The van der Waals surface area contributed by atoms with Gasteiger partial charge < -0.3 is 10.1 Å². The Kier molecular flexibility index (Phi) is 6.49. The molecule has 0 aliphatic heterocycles. The normalized spacial score (nSPS) is 11.3. The number of benzene rings is 1. The zero-order chi connectivity index (χ0) is 18.3. The highest BCUT2D eigenvalue weighted by atomic mass is 32.2. The van der Waals surface area contributed by atoms with Crippen molar-refractivity contribution in [3.05, 3.63) is 59.9 Å². The number of ether oxygens (including phenoxy) is 1. The van der Waals surface area contributed by atoms with Gasteiger partial charge >= 0.3 is 0 Å². The van der Waals surface area contributed by atoms with Crippen molar-refractivity contribution in [3.63, 3.8) is 0 Å². The Bertz CT molecular complexity index is 792. The molecule has 2 rings (SSSR count). The first-order chi connectivity index (χ1) is 11.9. The summed E-state index contributed by atoms with van der Waals surface area (Å²) >= 11 is 0. The predicted molar refractivity (Wildman–Crippen MR) is 94.3 cm³/mol. The predicted octanol–water partition coefficient (Wildman–Crippen LogP) is 1.17. The van der Waals surface area contributed by atoms with Crippen LogP contribution in [0.5, 0.6) is 5.75 Å². The molecule has 0 bridgehead atoms. The molecule has 0 atom stereocenters. The molecule has 0 saturated heterocycles. The molecule has 8 heteroatoms. The van der Waals surface area contributed by atoms with Gasteiger partial charge in [0.25, 0.3) is 0 Å². The number of carbonyl (C=O) groups excluding carboxylic acids is 1. The van der Waals surface area contributed by atoms with Gasteiger partial charge in [-0.15, -0.1) is 0 Å². The van der Waals surface area contributed by atoms with Crippen molar-refractivity contribution < 1.29 is 17.9 Å². The number of sulfonamides is 1. The molecule has 2 aromatic rings. The van der Waals surface area contributed by atoms with Gasteiger partial charge in [-0.3, -0.25) is 9.78 Å². The van der Waals surface area contributed by atoms with Crippen molar-refractivity contribution >= 4 is 15.9 Å². The molecule has 0 spiro atoms. The second kappa shape index (κ2) is 8.59. The molecule has 0 aliphatic carbocycles. The number of amides is 1. The number of rotatable bonds is 8. The lowest BCUT2D eigenvalue weighted by Crippen LogP contribution is -2.39. The minimum absolute atomic E-state index is 0.111. The summed E-state index contributed by atoms with van der Waals surface area (Å²) in [5, 5.41) is 2.68. The number of hydrogen-bond donors (Lipinski definition) is 1. The van der Waals surface area contributed by atoms with Crippen LogP contribution in [0.1, 0.15) is 11.3 Å². The Morgan fingerprint density at radius 1 is 1.20 bits per heavy atom. The van der Waals surface area contributed by atoms with Crippen molar-refractivity contribution in [1.29, 1.82) is 0 Å². The molecular formula is C17H21N3O4S. The summed E-state index contributed by atoms with van der Waals surface area (Å²) in [6.45, 7) is 0.108. The van der Waals surface area contributed by atoms with Gasteiger partial charge in [0, 0.05) is 12.7 Å². The van der Waals surface area contributed by atoms with E-state index in [1.165, 1.54) is 0 Å². The fraction of sp³-hybridized carbons (Fsp3) is 0.294. The van der Waals surface area contributed by atoms with E-state index in [1.54, 1.807) is 49.7 Å². The Balaban J connectivity index is 1.98. The molecule has 0 radical (unpaired) electrons. The first-order valence-electron chi connectivity index (χ1n) is 7.63. The topological polar surface area (TPSA) is 88.6 Å². The van der Waals surface area contributed by atoms with Crippen LogP contribution >= 0.6 is 0 Å².